The van der Waals surface area contributed by atoms with Gasteiger partial charge in [-0.25, -0.2) is 9.97 Å². The number of nitrogens with zero attached hydrogens (tertiary/aromatic N) is 2. The normalized spacial score (nSPS) is 11.7. The topological polar surface area (TPSA) is 49.8 Å². The van der Waals surface area contributed by atoms with E-state index in [1.807, 2.05) is 48.5 Å². The molecule has 0 aliphatic rings. The first-order valence-corrected chi connectivity index (χ1v) is 8.16. The highest BCUT2D eigenvalue weighted by molar-refractivity contribution is 9.10. The molecule has 0 aliphatic heterocycles. The van der Waals surface area contributed by atoms with E-state index in [0.717, 1.165) is 21.8 Å². The fourth-order valence-electron chi connectivity index (χ4n) is 2.27. The lowest BCUT2D eigenvalue weighted by molar-refractivity contribution is 0.872. The molecule has 0 saturated heterocycles. The molecule has 1 heterocycles. The third-order valence-electron chi connectivity index (χ3n) is 3.43. The molecule has 1 unspecified atom stereocenters. The van der Waals surface area contributed by atoms with Crippen LogP contribution < -0.4 is 10.6 Å². The molecular formula is C18H17BrN4. The highest BCUT2D eigenvalue weighted by atomic mass is 79.9. The number of nitrogens with one attached hydrogen (secondary N) is 2. The molecule has 5 heteroatoms. The van der Waals surface area contributed by atoms with Gasteiger partial charge in [0.25, 0.3) is 0 Å². The van der Waals surface area contributed by atoms with E-state index in [9.17, 15) is 0 Å². The van der Waals surface area contributed by atoms with Gasteiger partial charge in [0.05, 0.1) is 0 Å². The summed E-state index contributed by atoms with van der Waals surface area (Å²) in [6.07, 6.45) is 1.56. The lowest BCUT2D eigenvalue weighted by Crippen LogP contribution is -2.08. The Morgan fingerprint density at radius 2 is 1.70 bits per heavy atom. The number of halogens is 1. The van der Waals surface area contributed by atoms with E-state index in [4.69, 9.17) is 0 Å². The number of aromatic nitrogens is 2. The maximum atomic E-state index is 4.29. The first kappa shape index (κ1) is 15.5. The van der Waals surface area contributed by atoms with Gasteiger partial charge in [0.1, 0.15) is 18.0 Å². The van der Waals surface area contributed by atoms with Gasteiger partial charge in [0.15, 0.2) is 0 Å². The highest BCUT2D eigenvalue weighted by Crippen LogP contribution is 2.22. The lowest BCUT2D eigenvalue weighted by atomic mass is 10.1. The lowest BCUT2D eigenvalue weighted by Gasteiger charge is -2.15. The van der Waals surface area contributed by atoms with Gasteiger partial charge in [-0.1, -0.05) is 52.3 Å². The van der Waals surface area contributed by atoms with Crippen LogP contribution in [-0.2, 0) is 0 Å². The van der Waals surface area contributed by atoms with Gasteiger partial charge < -0.3 is 10.6 Å². The molecule has 0 spiro atoms. The van der Waals surface area contributed by atoms with Gasteiger partial charge in [0.2, 0.25) is 0 Å². The first-order valence-electron chi connectivity index (χ1n) is 7.37. The summed E-state index contributed by atoms with van der Waals surface area (Å²) in [5.41, 5.74) is 2.19. The summed E-state index contributed by atoms with van der Waals surface area (Å²) in [6, 6.07) is 20.3. The Balaban J connectivity index is 1.72. The monoisotopic (exact) mass is 368 g/mol. The molecular weight excluding hydrogens is 352 g/mol. The van der Waals surface area contributed by atoms with Crippen molar-refractivity contribution in [3.63, 3.8) is 0 Å². The first-order chi connectivity index (χ1) is 11.2. The average molecular weight is 369 g/mol. The van der Waals surface area contributed by atoms with Crippen LogP contribution in [0, 0.1) is 0 Å². The Bertz CT molecular complexity index is 777. The summed E-state index contributed by atoms with van der Waals surface area (Å²) in [7, 11) is 0. The third kappa shape index (κ3) is 4.29. The molecule has 0 radical (unpaired) electrons. The smallest absolute Gasteiger partial charge is 0.135 e. The zero-order valence-electron chi connectivity index (χ0n) is 12.7. The number of hydrogen-bond donors (Lipinski definition) is 2. The van der Waals surface area contributed by atoms with Crippen molar-refractivity contribution in [2.24, 2.45) is 0 Å². The maximum Gasteiger partial charge on any atom is 0.135 e. The van der Waals surface area contributed by atoms with Crippen LogP contribution in [0.3, 0.4) is 0 Å². The van der Waals surface area contributed by atoms with Crippen LogP contribution in [0.25, 0.3) is 0 Å². The SMILES string of the molecule is CC(Nc1cc(Nc2cccc(Br)c2)ncn1)c1ccccc1. The quantitative estimate of drug-likeness (QED) is 0.653. The summed E-state index contributed by atoms with van der Waals surface area (Å²) in [4.78, 5) is 8.56. The molecule has 2 aromatic carbocycles. The molecule has 23 heavy (non-hydrogen) atoms. The molecule has 0 aliphatic carbocycles. The standard InChI is InChI=1S/C18H17BrN4/c1-13(14-6-3-2-4-7-14)22-17-11-18(21-12-20-17)23-16-9-5-8-15(19)10-16/h2-13H,1H3,(H2,20,21,22,23). The molecule has 1 atom stereocenters. The van der Waals surface area contributed by atoms with Crippen LogP contribution in [0.2, 0.25) is 0 Å². The summed E-state index contributed by atoms with van der Waals surface area (Å²) in [6.45, 7) is 2.11. The summed E-state index contributed by atoms with van der Waals surface area (Å²) < 4.78 is 1.02. The van der Waals surface area contributed by atoms with Gasteiger partial charge >= 0.3 is 0 Å². The van der Waals surface area contributed by atoms with Crippen molar-refractivity contribution in [3.05, 3.63) is 77.0 Å². The van der Waals surface area contributed by atoms with Gasteiger partial charge in [-0.2, -0.15) is 0 Å². The third-order valence-corrected chi connectivity index (χ3v) is 3.92. The van der Waals surface area contributed by atoms with Crippen molar-refractivity contribution in [3.8, 4) is 0 Å². The van der Waals surface area contributed by atoms with Crippen molar-refractivity contribution in [2.45, 2.75) is 13.0 Å². The zero-order valence-corrected chi connectivity index (χ0v) is 14.3. The summed E-state index contributed by atoms with van der Waals surface area (Å²) >= 11 is 3.46. The van der Waals surface area contributed by atoms with Crippen molar-refractivity contribution >= 4 is 33.3 Å². The molecule has 116 valence electrons. The fraction of sp³-hybridized carbons (Fsp3) is 0.111. The molecule has 1 aromatic heterocycles. The molecule has 0 bridgehead atoms. The largest absolute Gasteiger partial charge is 0.363 e. The predicted molar refractivity (Wildman–Crippen MR) is 97.9 cm³/mol. The van der Waals surface area contributed by atoms with E-state index < -0.39 is 0 Å². The van der Waals surface area contributed by atoms with Crippen LogP contribution in [0.4, 0.5) is 17.3 Å². The fourth-order valence-corrected chi connectivity index (χ4v) is 2.66. The van der Waals surface area contributed by atoms with Crippen LogP contribution in [0.5, 0.6) is 0 Å². The van der Waals surface area contributed by atoms with Gasteiger partial charge in [-0.3, -0.25) is 0 Å². The van der Waals surface area contributed by atoms with E-state index >= 15 is 0 Å². The average Bonchev–Trinajstić information content (AvgIpc) is 2.56. The van der Waals surface area contributed by atoms with Crippen LogP contribution >= 0.6 is 15.9 Å². The molecule has 0 saturated carbocycles. The second-order valence-corrected chi connectivity index (χ2v) is 6.12. The Hall–Kier alpha value is -2.40. The second kappa shape index (κ2) is 7.24. The zero-order chi connectivity index (χ0) is 16.1. The number of anilines is 3. The Labute approximate surface area is 144 Å². The van der Waals surface area contributed by atoms with E-state index in [1.54, 1.807) is 6.33 Å². The van der Waals surface area contributed by atoms with Crippen molar-refractivity contribution in [1.29, 1.82) is 0 Å². The van der Waals surface area contributed by atoms with Gasteiger partial charge in [-0.15, -0.1) is 0 Å². The number of benzene rings is 2. The van der Waals surface area contributed by atoms with E-state index in [2.05, 4.69) is 55.6 Å². The van der Waals surface area contributed by atoms with Gasteiger partial charge in [-0.05, 0) is 30.7 Å². The minimum Gasteiger partial charge on any atom is -0.363 e. The van der Waals surface area contributed by atoms with Crippen molar-refractivity contribution in [1.82, 2.24) is 9.97 Å². The van der Waals surface area contributed by atoms with E-state index in [1.165, 1.54) is 5.56 Å². The molecule has 0 amide bonds. The molecule has 2 N–H and O–H groups in total. The Kier molecular flexibility index (Phi) is 4.88. The van der Waals surface area contributed by atoms with Crippen molar-refractivity contribution < 1.29 is 0 Å². The second-order valence-electron chi connectivity index (χ2n) is 5.20. The minimum absolute atomic E-state index is 0.171. The molecule has 3 rings (SSSR count). The predicted octanol–water partition coefficient (Wildman–Crippen LogP) is 5.16. The maximum absolute atomic E-state index is 4.29. The van der Waals surface area contributed by atoms with Gasteiger partial charge in [0, 0.05) is 22.3 Å². The highest BCUT2D eigenvalue weighted by Gasteiger charge is 2.06. The van der Waals surface area contributed by atoms with Crippen LogP contribution in [0.1, 0.15) is 18.5 Å². The summed E-state index contributed by atoms with van der Waals surface area (Å²) in [5, 5.41) is 6.67. The molecule has 3 aromatic rings. The van der Waals surface area contributed by atoms with Crippen LogP contribution in [0.15, 0.2) is 71.5 Å². The summed E-state index contributed by atoms with van der Waals surface area (Å²) in [5.74, 6) is 1.54. The number of hydrogen-bond acceptors (Lipinski definition) is 4. The Morgan fingerprint density at radius 3 is 2.48 bits per heavy atom. The Morgan fingerprint density at radius 1 is 0.913 bits per heavy atom. The van der Waals surface area contributed by atoms with E-state index in [0.29, 0.717) is 0 Å². The van der Waals surface area contributed by atoms with Crippen LogP contribution in [-0.4, -0.2) is 9.97 Å². The molecule has 4 nitrogen and oxygen atoms in total. The van der Waals surface area contributed by atoms with Crippen molar-refractivity contribution in [2.75, 3.05) is 10.6 Å². The van der Waals surface area contributed by atoms with E-state index in [-0.39, 0.29) is 6.04 Å². The molecule has 0 fully saturated rings. The minimum atomic E-state index is 0.171. The number of rotatable bonds is 5.